The van der Waals surface area contributed by atoms with E-state index in [-0.39, 0.29) is 6.09 Å². The van der Waals surface area contributed by atoms with Crippen LogP contribution in [0.2, 0.25) is 0 Å². The standard InChI is InChI=1S/C20H33N5O2/c1-5-27-20(26)25-8-6-17(7-9-25)23-10-12-24(13-11-23)19-14-18(15(2)3)21-16(4)22-19/h14-15,17H,5-13H2,1-4H3. The molecule has 0 aromatic carbocycles. The minimum Gasteiger partial charge on any atom is -0.450 e. The lowest BCUT2D eigenvalue weighted by atomic mass is 10.0. The van der Waals surface area contributed by atoms with Gasteiger partial charge in [0.05, 0.1) is 6.61 Å². The third-order valence-corrected chi connectivity index (χ3v) is 5.58. The molecule has 0 spiro atoms. The summed E-state index contributed by atoms with van der Waals surface area (Å²) < 4.78 is 5.12. The van der Waals surface area contributed by atoms with E-state index in [1.165, 1.54) is 0 Å². The molecular weight excluding hydrogens is 342 g/mol. The van der Waals surface area contributed by atoms with Crippen LogP contribution in [0.3, 0.4) is 0 Å². The Morgan fingerprint density at radius 2 is 1.81 bits per heavy atom. The average molecular weight is 376 g/mol. The molecule has 7 nitrogen and oxygen atoms in total. The number of ether oxygens (including phenoxy) is 1. The number of carbonyl (C=O) groups excluding carboxylic acids is 1. The Balaban J connectivity index is 1.52. The minimum atomic E-state index is -0.166. The lowest BCUT2D eigenvalue weighted by Crippen LogP contribution is -2.54. The fourth-order valence-corrected chi connectivity index (χ4v) is 3.98. The molecule has 1 amide bonds. The first-order valence-corrected chi connectivity index (χ1v) is 10.2. The van der Waals surface area contributed by atoms with Crippen LogP contribution < -0.4 is 4.90 Å². The zero-order chi connectivity index (χ0) is 19.4. The van der Waals surface area contributed by atoms with E-state index in [2.05, 4.69) is 39.7 Å². The van der Waals surface area contributed by atoms with Crippen molar-refractivity contribution in [2.24, 2.45) is 0 Å². The Bertz CT molecular complexity index is 635. The van der Waals surface area contributed by atoms with Crippen LogP contribution in [0.1, 0.15) is 51.0 Å². The average Bonchev–Trinajstić information content (AvgIpc) is 2.68. The molecule has 0 atom stereocenters. The molecular formula is C20H33N5O2. The first-order chi connectivity index (χ1) is 13.0. The molecule has 0 unspecified atom stereocenters. The molecule has 2 saturated heterocycles. The second kappa shape index (κ2) is 8.87. The Kier molecular flexibility index (Phi) is 6.52. The van der Waals surface area contributed by atoms with E-state index in [0.29, 0.717) is 18.6 Å². The van der Waals surface area contributed by atoms with Crippen molar-refractivity contribution in [2.75, 3.05) is 50.8 Å². The number of piperidine rings is 1. The number of anilines is 1. The van der Waals surface area contributed by atoms with Crippen molar-refractivity contribution in [3.05, 3.63) is 17.6 Å². The molecule has 2 aliphatic heterocycles. The Hall–Kier alpha value is -1.89. The SMILES string of the molecule is CCOC(=O)N1CCC(N2CCN(c3cc(C(C)C)nc(C)n3)CC2)CC1. The van der Waals surface area contributed by atoms with Crippen LogP contribution in [0.25, 0.3) is 0 Å². The summed E-state index contributed by atoms with van der Waals surface area (Å²) in [6.45, 7) is 14.3. The summed E-state index contributed by atoms with van der Waals surface area (Å²) in [5, 5.41) is 0. The fraction of sp³-hybridized carbons (Fsp3) is 0.750. The smallest absolute Gasteiger partial charge is 0.409 e. The molecule has 150 valence electrons. The van der Waals surface area contributed by atoms with E-state index in [4.69, 9.17) is 4.74 Å². The van der Waals surface area contributed by atoms with Crippen molar-refractivity contribution in [1.82, 2.24) is 19.8 Å². The molecule has 2 aliphatic rings. The van der Waals surface area contributed by atoms with Gasteiger partial charge in [-0.3, -0.25) is 4.90 Å². The number of amides is 1. The van der Waals surface area contributed by atoms with Gasteiger partial charge >= 0.3 is 6.09 Å². The number of rotatable bonds is 4. The Labute approximate surface area is 162 Å². The van der Waals surface area contributed by atoms with Crippen LogP contribution in [-0.2, 0) is 4.74 Å². The molecule has 0 radical (unpaired) electrons. The zero-order valence-electron chi connectivity index (χ0n) is 17.1. The third kappa shape index (κ3) is 4.89. The highest BCUT2D eigenvalue weighted by Gasteiger charge is 2.30. The van der Waals surface area contributed by atoms with Crippen LogP contribution in [0.4, 0.5) is 10.6 Å². The van der Waals surface area contributed by atoms with Crippen molar-refractivity contribution in [3.8, 4) is 0 Å². The van der Waals surface area contributed by atoms with Gasteiger partial charge in [-0.1, -0.05) is 13.8 Å². The van der Waals surface area contributed by atoms with Crippen molar-refractivity contribution in [2.45, 2.75) is 52.5 Å². The number of hydrogen-bond acceptors (Lipinski definition) is 6. The van der Waals surface area contributed by atoms with Crippen LogP contribution in [-0.4, -0.2) is 77.8 Å². The third-order valence-electron chi connectivity index (χ3n) is 5.58. The van der Waals surface area contributed by atoms with E-state index < -0.39 is 0 Å². The molecule has 0 bridgehead atoms. The van der Waals surface area contributed by atoms with E-state index in [0.717, 1.165) is 69.4 Å². The Morgan fingerprint density at radius 1 is 1.15 bits per heavy atom. The van der Waals surface area contributed by atoms with Gasteiger partial charge in [0.15, 0.2) is 0 Å². The van der Waals surface area contributed by atoms with E-state index in [1.54, 1.807) is 0 Å². The molecule has 27 heavy (non-hydrogen) atoms. The summed E-state index contributed by atoms with van der Waals surface area (Å²) in [7, 11) is 0. The molecule has 3 heterocycles. The summed E-state index contributed by atoms with van der Waals surface area (Å²) in [6.07, 6.45) is 1.90. The second-order valence-corrected chi connectivity index (χ2v) is 7.79. The van der Waals surface area contributed by atoms with E-state index in [1.807, 2.05) is 18.7 Å². The van der Waals surface area contributed by atoms with Gasteiger partial charge in [-0.15, -0.1) is 0 Å². The summed E-state index contributed by atoms with van der Waals surface area (Å²) in [5.41, 5.74) is 1.12. The van der Waals surface area contributed by atoms with Gasteiger partial charge in [0, 0.05) is 57.1 Å². The van der Waals surface area contributed by atoms with Crippen molar-refractivity contribution >= 4 is 11.9 Å². The monoisotopic (exact) mass is 375 g/mol. The number of aryl methyl sites for hydroxylation is 1. The maximum Gasteiger partial charge on any atom is 0.409 e. The number of likely N-dealkylation sites (tertiary alicyclic amines) is 1. The minimum absolute atomic E-state index is 0.166. The summed E-state index contributed by atoms with van der Waals surface area (Å²) in [5.74, 6) is 2.32. The molecule has 2 fully saturated rings. The number of piperazine rings is 1. The maximum atomic E-state index is 11.9. The van der Waals surface area contributed by atoms with Gasteiger partial charge in [-0.2, -0.15) is 0 Å². The van der Waals surface area contributed by atoms with Crippen LogP contribution in [0.15, 0.2) is 6.07 Å². The summed E-state index contributed by atoms with van der Waals surface area (Å²) in [4.78, 5) is 27.9. The molecule has 3 rings (SSSR count). The lowest BCUT2D eigenvalue weighted by Gasteiger charge is -2.42. The topological polar surface area (TPSA) is 61.8 Å². The predicted octanol–water partition coefficient (Wildman–Crippen LogP) is 2.65. The van der Waals surface area contributed by atoms with Crippen molar-refractivity contribution in [1.29, 1.82) is 0 Å². The fourth-order valence-electron chi connectivity index (χ4n) is 3.98. The van der Waals surface area contributed by atoms with Crippen LogP contribution in [0.5, 0.6) is 0 Å². The highest BCUT2D eigenvalue weighted by atomic mass is 16.6. The molecule has 1 aromatic rings. The number of hydrogen-bond donors (Lipinski definition) is 0. The lowest BCUT2D eigenvalue weighted by molar-refractivity contribution is 0.0729. The van der Waals surface area contributed by atoms with Gasteiger partial charge in [-0.25, -0.2) is 14.8 Å². The van der Waals surface area contributed by atoms with Crippen LogP contribution >= 0.6 is 0 Å². The zero-order valence-corrected chi connectivity index (χ0v) is 17.1. The molecule has 1 aromatic heterocycles. The maximum absolute atomic E-state index is 11.9. The Morgan fingerprint density at radius 3 is 2.41 bits per heavy atom. The highest BCUT2D eigenvalue weighted by molar-refractivity contribution is 5.67. The highest BCUT2D eigenvalue weighted by Crippen LogP contribution is 2.23. The first-order valence-electron chi connectivity index (χ1n) is 10.2. The van der Waals surface area contributed by atoms with Gasteiger partial charge < -0.3 is 14.5 Å². The van der Waals surface area contributed by atoms with Crippen molar-refractivity contribution in [3.63, 3.8) is 0 Å². The molecule has 0 N–H and O–H groups in total. The van der Waals surface area contributed by atoms with Gasteiger partial charge in [0.25, 0.3) is 0 Å². The number of carbonyl (C=O) groups is 1. The van der Waals surface area contributed by atoms with Crippen molar-refractivity contribution < 1.29 is 9.53 Å². The largest absolute Gasteiger partial charge is 0.450 e. The van der Waals surface area contributed by atoms with E-state index in [9.17, 15) is 4.79 Å². The van der Waals surface area contributed by atoms with Gasteiger partial charge in [0.1, 0.15) is 11.6 Å². The molecule has 0 aliphatic carbocycles. The quantitative estimate of drug-likeness (QED) is 0.806. The summed E-state index contributed by atoms with van der Waals surface area (Å²) >= 11 is 0. The molecule has 0 saturated carbocycles. The van der Waals surface area contributed by atoms with Crippen LogP contribution in [0, 0.1) is 6.92 Å². The number of aromatic nitrogens is 2. The predicted molar refractivity (Wildman–Crippen MR) is 106 cm³/mol. The van der Waals surface area contributed by atoms with Gasteiger partial charge in [0.2, 0.25) is 0 Å². The van der Waals surface area contributed by atoms with Gasteiger partial charge in [-0.05, 0) is 32.6 Å². The molecule has 7 heteroatoms. The summed E-state index contributed by atoms with van der Waals surface area (Å²) in [6, 6.07) is 2.71. The first kappa shape index (κ1) is 19.9. The second-order valence-electron chi connectivity index (χ2n) is 7.79. The normalized spacial score (nSPS) is 19.6. The number of nitrogens with zero attached hydrogens (tertiary/aromatic N) is 5. The van der Waals surface area contributed by atoms with E-state index >= 15 is 0 Å².